The van der Waals surface area contributed by atoms with E-state index < -0.39 is 11.9 Å². The summed E-state index contributed by atoms with van der Waals surface area (Å²) < 4.78 is 37.1. The Labute approximate surface area is 96.4 Å². The molecule has 0 saturated heterocycles. The van der Waals surface area contributed by atoms with Gasteiger partial charge >= 0.3 is 6.18 Å². The smallest absolute Gasteiger partial charge is 0.352 e. The van der Waals surface area contributed by atoms with Crippen LogP contribution in [-0.4, -0.2) is 22.1 Å². The van der Waals surface area contributed by atoms with Crippen LogP contribution in [0.15, 0.2) is 12.3 Å². The summed E-state index contributed by atoms with van der Waals surface area (Å²) in [6, 6.07) is 0.840. The summed E-state index contributed by atoms with van der Waals surface area (Å²) in [6.07, 6.45) is -0.558. The lowest BCUT2D eigenvalue weighted by atomic mass is 9.78. The summed E-state index contributed by atoms with van der Waals surface area (Å²) in [6.45, 7) is 0.397. The van der Waals surface area contributed by atoms with E-state index in [0.29, 0.717) is 6.54 Å². The number of hydrogen-bond acceptors (Lipinski definition) is 4. The SMILES string of the molecule is NC1(CNc2nccc(C(F)(F)F)n2)CCC1. The quantitative estimate of drug-likeness (QED) is 0.853. The van der Waals surface area contributed by atoms with Crippen LogP contribution in [0.25, 0.3) is 0 Å². The number of alkyl halides is 3. The summed E-state index contributed by atoms with van der Waals surface area (Å²) in [5.74, 6) is -0.0310. The molecule has 7 heteroatoms. The zero-order valence-electron chi connectivity index (χ0n) is 9.09. The molecule has 1 saturated carbocycles. The largest absolute Gasteiger partial charge is 0.433 e. The van der Waals surface area contributed by atoms with E-state index in [1.807, 2.05) is 0 Å². The first kappa shape index (κ1) is 12.1. The highest BCUT2D eigenvalue weighted by Gasteiger charge is 2.34. The van der Waals surface area contributed by atoms with Gasteiger partial charge in [-0.2, -0.15) is 13.2 Å². The molecule has 0 radical (unpaired) electrons. The van der Waals surface area contributed by atoms with Crippen LogP contribution in [0, 0.1) is 0 Å². The second-order valence-corrected chi connectivity index (χ2v) is 4.33. The minimum Gasteiger partial charge on any atom is -0.352 e. The molecular weight excluding hydrogens is 233 g/mol. The average molecular weight is 246 g/mol. The fourth-order valence-corrected chi connectivity index (χ4v) is 1.66. The molecular formula is C10H13F3N4. The van der Waals surface area contributed by atoms with Gasteiger partial charge in [-0.15, -0.1) is 0 Å². The Hall–Kier alpha value is -1.37. The Morgan fingerprint density at radius 2 is 2.12 bits per heavy atom. The zero-order chi connectivity index (χ0) is 12.5. The van der Waals surface area contributed by atoms with E-state index in [-0.39, 0.29) is 11.5 Å². The Morgan fingerprint density at radius 3 is 2.65 bits per heavy atom. The van der Waals surface area contributed by atoms with E-state index in [1.165, 1.54) is 0 Å². The lowest BCUT2D eigenvalue weighted by Crippen LogP contribution is -2.52. The second kappa shape index (κ2) is 4.14. The van der Waals surface area contributed by atoms with Crippen molar-refractivity contribution >= 4 is 5.95 Å². The standard InChI is InChI=1S/C10H13F3N4/c11-10(12,13)7-2-5-15-8(17-7)16-6-9(14)3-1-4-9/h2,5H,1,3-4,6,14H2,(H,15,16,17). The van der Waals surface area contributed by atoms with Crippen LogP contribution in [0.2, 0.25) is 0 Å². The van der Waals surface area contributed by atoms with Crippen molar-refractivity contribution in [1.29, 1.82) is 0 Å². The third-order valence-electron chi connectivity index (χ3n) is 2.89. The first-order valence-electron chi connectivity index (χ1n) is 5.32. The number of hydrogen-bond donors (Lipinski definition) is 2. The number of aromatic nitrogens is 2. The molecule has 1 aromatic heterocycles. The third-order valence-corrected chi connectivity index (χ3v) is 2.89. The topological polar surface area (TPSA) is 63.8 Å². The number of halogens is 3. The van der Waals surface area contributed by atoms with Gasteiger partial charge in [-0.25, -0.2) is 9.97 Å². The van der Waals surface area contributed by atoms with Gasteiger partial charge in [0.25, 0.3) is 0 Å². The maximum absolute atomic E-state index is 12.4. The van der Waals surface area contributed by atoms with Gasteiger partial charge in [-0.3, -0.25) is 0 Å². The van der Waals surface area contributed by atoms with Gasteiger partial charge in [-0.05, 0) is 25.3 Å². The highest BCUT2D eigenvalue weighted by atomic mass is 19.4. The summed E-state index contributed by atoms with van der Waals surface area (Å²) in [5.41, 5.74) is 4.66. The summed E-state index contributed by atoms with van der Waals surface area (Å²) in [4.78, 5) is 7.14. The molecule has 0 bridgehead atoms. The molecule has 94 valence electrons. The fourth-order valence-electron chi connectivity index (χ4n) is 1.66. The number of nitrogens with zero attached hydrogens (tertiary/aromatic N) is 2. The molecule has 0 unspecified atom stereocenters. The van der Waals surface area contributed by atoms with Crippen molar-refractivity contribution < 1.29 is 13.2 Å². The summed E-state index contributed by atoms with van der Waals surface area (Å²) in [7, 11) is 0. The maximum atomic E-state index is 12.4. The normalized spacial score (nSPS) is 18.6. The van der Waals surface area contributed by atoms with Gasteiger partial charge in [0.1, 0.15) is 5.69 Å². The Morgan fingerprint density at radius 1 is 1.41 bits per heavy atom. The molecule has 3 N–H and O–H groups in total. The van der Waals surface area contributed by atoms with Gasteiger partial charge in [0, 0.05) is 18.3 Å². The Kier molecular flexibility index (Phi) is 2.94. The van der Waals surface area contributed by atoms with E-state index >= 15 is 0 Å². The molecule has 1 aliphatic rings. The monoisotopic (exact) mass is 246 g/mol. The van der Waals surface area contributed by atoms with E-state index in [0.717, 1.165) is 31.5 Å². The van der Waals surface area contributed by atoms with Gasteiger partial charge in [0.15, 0.2) is 0 Å². The molecule has 0 amide bonds. The van der Waals surface area contributed by atoms with E-state index in [1.54, 1.807) is 0 Å². The third kappa shape index (κ3) is 2.85. The Bertz CT molecular complexity index is 401. The van der Waals surface area contributed by atoms with Crippen molar-refractivity contribution in [2.45, 2.75) is 31.0 Å². The lowest BCUT2D eigenvalue weighted by Gasteiger charge is -2.38. The molecule has 0 aromatic carbocycles. The first-order chi connectivity index (χ1) is 7.89. The van der Waals surface area contributed by atoms with Gasteiger partial charge in [-0.1, -0.05) is 0 Å². The van der Waals surface area contributed by atoms with Gasteiger partial charge in [0.2, 0.25) is 5.95 Å². The van der Waals surface area contributed by atoms with Crippen LogP contribution in [0.1, 0.15) is 25.0 Å². The molecule has 0 aliphatic heterocycles. The molecule has 1 aromatic rings. The number of nitrogens with one attached hydrogen (secondary N) is 1. The van der Waals surface area contributed by atoms with E-state index in [4.69, 9.17) is 5.73 Å². The van der Waals surface area contributed by atoms with Crippen molar-refractivity contribution in [3.8, 4) is 0 Å². The molecule has 17 heavy (non-hydrogen) atoms. The maximum Gasteiger partial charge on any atom is 0.433 e. The number of nitrogens with two attached hydrogens (primary N) is 1. The predicted molar refractivity (Wildman–Crippen MR) is 56.3 cm³/mol. The van der Waals surface area contributed by atoms with Crippen molar-refractivity contribution in [3.63, 3.8) is 0 Å². The van der Waals surface area contributed by atoms with Gasteiger partial charge in [0.05, 0.1) is 0 Å². The molecule has 1 fully saturated rings. The van der Waals surface area contributed by atoms with Crippen molar-refractivity contribution in [2.24, 2.45) is 5.73 Å². The Balaban J connectivity index is 2.01. The molecule has 2 rings (SSSR count). The molecule has 1 aliphatic carbocycles. The van der Waals surface area contributed by atoms with Crippen molar-refractivity contribution in [1.82, 2.24) is 9.97 Å². The van der Waals surface area contributed by atoms with Crippen LogP contribution in [-0.2, 0) is 6.18 Å². The van der Waals surface area contributed by atoms with E-state index in [2.05, 4.69) is 15.3 Å². The lowest BCUT2D eigenvalue weighted by molar-refractivity contribution is -0.141. The fraction of sp³-hybridized carbons (Fsp3) is 0.600. The van der Waals surface area contributed by atoms with Crippen LogP contribution >= 0.6 is 0 Å². The molecule has 4 nitrogen and oxygen atoms in total. The number of anilines is 1. The zero-order valence-corrected chi connectivity index (χ0v) is 9.09. The summed E-state index contributed by atoms with van der Waals surface area (Å²) >= 11 is 0. The minimum atomic E-state index is -4.45. The van der Waals surface area contributed by atoms with Crippen molar-refractivity contribution in [3.05, 3.63) is 18.0 Å². The van der Waals surface area contributed by atoms with Crippen LogP contribution in [0.3, 0.4) is 0 Å². The molecule has 0 spiro atoms. The predicted octanol–water partition coefficient (Wildman–Crippen LogP) is 1.79. The van der Waals surface area contributed by atoms with Crippen LogP contribution in [0.5, 0.6) is 0 Å². The first-order valence-corrected chi connectivity index (χ1v) is 5.32. The number of rotatable bonds is 3. The minimum absolute atomic E-state index is 0.0310. The molecule has 0 atom stereocenters. The van der Waals surface area contributed by atoms with Crippen molar-refractivity contribution in [2.75, 3.05) is 11.9 Å². The highest BCUT2D eigenvalue weighted by Crippen LogP contribution is 2.30. The summed E-state index contributed by atoms with van der Waals surface area (Å²) in [5, 5.41) is 2.75. The molecule has 1 heterocycles. The second-order valence-electron chi connectivity index (χ2n) is 4.33. The highest BCUT2D eigenvalue weighted by molar-refractivity contribution is 5.27. The van der Waals surface area contributed by atoms with E-state index in [9.17, 15) is 13.2 Å². The average Bonchev–Trinajstić information content (AvgIpc) is 2.23. The van der Waals surface area contributed by atoms with Crippen LogP contribution in [0.4, 0.5) is 19.1 Å². The van der Waals surface area contributed by atoms with Crippen LogP contribution < -0.4 is 11.1 Å². The van der Waals surface area contributed by atoms with Gasteiger partial charge < -0.3 is 11.1 Å².